The number of thioether (sulfide) groups is 1. The third-order valence-corrected chi connectivity index (χ3v) is 7.73. The number of nitrogens with two attached hydrogens (primary N) is 3. The highest BCUT2D eigenvalue weighted by molar-refractivity contribution is 8.03. The van der Waals surface area contributed by atoms with Gasteiger partial charge in [0.2, 0.25) is 0 Å². The standard InChI is InChI=1S/C23H26F2N6O2S/c24-13-4-1-5-14(25)17(13)23-31(20(21(27)33)22(28)34-23)15-9-29-18-12(6-7-16(18)32)19(15)30-8-2-3-11(26)10-30/h1,4-5,9,11,16,23,32H,2-3,6-8,10,26,28H2,(H2,27,33)/t11-,16-,23?/m0/s1. The summed E-state index contributed by atoms with van der Waals surface area (Å²) in [5.74, 6) is -2.33. The molecule has 3 atom stereocenters. The first kappa shape index (κ1) is 22.9. The Morgan fingerprint density at radius 3 is 2.65 bits per heavy atom. The second kappa shape index (κ2) is 8.71. The maximum atomic E-state index is 14.9. The van der Waals surface area contributed by atoms with Gasteiger partial charge in [-0.1, -0.05) is 17.8 Å². The van der Waals surface area contributed by atoms with Crippen molar-refractivity contribution in [2.45, 2.75) is 43.2 Å². The van der Waals surface area contributed by atoms with Crippen molar-refractivity contribution in [1.29, 1.82) is 0 Å². The number of primary amides is 1. The number of halogens is 2. The zero-order valence-electron chi connectivity index (χ0n) is 18.4. The number of hydrogen-bond donors (Lipinski definition) is 4. The molecule has 2 aliphatic heterocycles. The molecule has 1 fully saturated rings. The Labute approximate surface area is 199 Å². The van der Waals surface area contributed by atoms with Gasteiger partial charge >= 0.3 is 0 Å². The highest BCUT2D eigenvalue weighted by atomic mass is 32.2. The Hall–Kier alpha value is -2.89. The Morgan fingerprint density at radius 2 is 1.97 bits per heavy atom. The smallest absolute Gasteiger partial charge is 0.268 e. The number of anilines is 2. The summed E-state index contributed by atoms with van der Waals surface area (Å²) in [6.07, 6.45) is 3.65. The molecule has 1 aromatic carbocycles. The lowest BCUT2D eigenvalue weighted by Crippen LogP contribution is -2.44. The van der Waals surface area contributed by atoms with Crippen molar-refractivity contribution in [2.75, 3.05) is 22.9 Å². The van der Waals surface area contributed by atoms with Gasteiger partial charge in [0.05, 0.1) is 40.0 Å². The summed E-state index contributed by atoms with van der Waals surface area (Å²) in [6, 6.07) is 3.55. The number of carbonyl (C=O) groups excluding carboxylic acids is 1. The first-order chi connectivity index (χ1) is 16.3. The van der Waals surface area contributed by atoms with E-state index in [1.165, 1.54) is 17.2 Å². The Kier molecular flexibility index (Phi) is 5.86. The molecule has 1 aliphatic carbocycles. The average molecular weight is 489 g/mol. The molecule has 0 radical (unpaired) electrons. The van der Waals surface area contributed by atoms with Crippen LogP contribution in [-0.4, -0.2) is 35.1 Å². The minimum absolute atomic E-state index is 0.0412. The van der Waals surface area contributed by atoms with Crippen molar-refractivity contribution in [3.05, 3.63) is 63.6 Å². The van der Waals surface area contributed by atoms with E-state index in [1.54, 1.807) is 0 Å². The van der Waals surface area contributed by atoms with Crippen LogP contribution in [0.5, 0.6) is 0 Å². The summed E-state index contributed by atoms with van der Waals surface area (Å²) >= 11 is 0.958. The van der Waals surface area contributed by atoms with Gasteiger partial charge in [-0.2, -0.15) is 0 Å². The Morgan fingerprint density at radius 1 is 1.24 bits per heavy atom. The van der Waals surface area contributed by atoms with E-state index in [4.69, 9.17) is 17.2 Å². The molecule has 0 bridgehead atoms. The molecule has 34 heavy (non-hydrogen) atoms. The van der Waals surface area contributed by atoms with Gasteiger partial charge in [-0.3, -0.25) is 9.78 Å². The molecule has 3 heterocycles. The zero-order valence-corrected chi connectivity index (χ0v) is 19.2. The van der Waals surface area contributed by atoms with Crippen molar-refractivity contribution in [3.8, 4) is 0 Å². The normalized spacial score (nSPS) is 24.6. The van der Waals surface area contributed by atoms with Gasteiger partial charge in [0.25, 0.3) is 5.91 Å². The predicted molar refractivity (Wildman–Crippen MR) is 127 cm³/mol. The molecule has 11 heteroatoms. The van der Waals surface area contributed by atoms with Crippen molar-refractivity contribution in [3.63, 3.8) is 0 Å². The van der Waals surface area contributed by atoms with Crippen LogP contribution in [0.4, 0.5) is 20.2 Å². The largest absolute Gasteiger partial charge is 0.392 e. The van der Waals surface area contributed by atoms with Gasteiger partial charge in [0.1, 0.15) is 22.7 Å². The quantitative estimate of drug-likeness (QED) is 0.514. The van der Waals surface area contributed by atoms with Crippen LogP contribution in [0.25, 0.3) is 0 Å². The van der Waals surface area contributed by atoms with Crippen LogP contribution in [0, 0.1) is 11.6 Å². The number of aliphatic hydroxyl groups is 1. The second-order valence-corrected chi connectivity index (χ2v) is 9.93. The summed E-state index contributed by atoms with van der Waals surface area (Å²) in [7, 11) is 0. The van der Waals surface area contributed by atoms with Gasteiger partial charge in [0, 0.05) is 24.7 Å². The summed E-state index contributed by atoms with van der Waals surface area (Å²) in [5.41, 5.74) is 20.5. The SMILES string of the molecule is NC(=O)C1=C(N)SC(c2c(F)cccc2F)N1c1cnc2c(c1N1CCC[C@H](N)C1)CC[C@@H]2O. The highest BCUT2D eigenvalue weighted by Crippen LogP contribution is 2.53. The fourth-order valence-corrected chi connectivity index (χ4v) is 6.34. The van der Waals surface area contributed by atoms with Crippen LogP contribution in [-0.2, 0) is 11.2 Å². The van der Waals surface area contributed by atoms with Gasteiger partial charge < -0.3 is 32.1 Å². The molecule has 5 rings (SSSR count). The van der Waals surface area contributed by atoms with Crippen molar-refractivity contribution in [2.24, 2.45) is 17.2 Å². The monoisotopic (exact) mass is 488 g/mol. The number of nitrogens with zero attached hydrogens (tertiary/aromatic N) is 3. The van der Waals surface area contributed by atoms with Crippen LogP contribution in [0.1, 0.15) is 47.6 Å². The lowest BCUT2D eigenvalue weighted by Gasteiger charge is -2.38. The first-order valence-corrected chi connectivity index (χ1v) is 12.1. The number of aliphatic hydroxyl groups excluding tert-OH is 1. The molecule has 2 aromatic rings. The summed E-state index contributed by atoms with van der Waals surface area (Å²) in [4.78, 5) is 20.6. The fourth-order valence-electron chi connectivity index (χ4n) is 5.13. The fraction of sp³-hybridized carbons (Fsp3) is 0.391. The van der Waals surface area contributed by atoms with Gasteiger partial charge in [-0.05, 0) is 37.8 Å². The number of piperidine rings is 1. The molecule has 7 N–H and O–H groups in total. The Bertz CT molecular complexity index is 1170. The molecule has 8 nitrogen and oxygen atoms in total. The summed E-state index contributed by atoms with van der Waals surface area (Å²) in [6.45, 7) is 1.27. The third kappa shape index (κ3) is 3.68. The second-order valence-electron chi connectivity index (χ2n) is 8.81. The molecule has 3 aliphatic rings. The van der Waals surface area contributed by atoms with Crippen molar-refractivity contribution in [1.82, 2.24) is 4.98 Å². The molecule has 180 valence electrons. The van der Waals surface area contributed by atoms with Crippen molar-refractivity contribution < 1.29 is 18.7 Å². The minimum Gasteiger partial charge on any atom is -0.392 e. The third-order valence-electron chi connectivity index (χ3n) is 6.61. The maximum absolute atomic E-state index is 14.9. The van der Waals surface area contributed by atoms with Crippen LogP contribution < -0.4 is 27.0 Å². The van der Waals surface area contributed by atoms with E-state index in [2.05, 4.69) is 9.88 Å². The van der Waals surface area contributed by atoms with E-state index in [0.717, 1.165) is 48.0 Å². The lowest BCUT2D eigenvalue weighted by atomic mass is 10.0. The maximum Gasteiger partial charge on any atom is 0.268 e. The van der Waals surface area contributed by atoms with Crippen LogP contribution in [0.15, 0.2) is 35.1 Å². The van der Waals surface area contributed by atoms with E-state index in [0.29, 0.717) is 37.3 Å². The molecule has 0 saturated carbocycles. The number of aromatic nitrogens is 1. The van der Waals surface area contributed by atoms with E-state index in [9.17, 15) is 18.7 Å². The molecule has 1 aromatic heterocycles. The number of rotatable bonds is 4. The molecule has 1 unspecified atom stereocenters. The van der Waals surface area contributed by atoms with Crippen molar-refractivity contribution >= 4 is 29.0 Å². The number of hydrogen-bond acceptors (Lipinski definition) is 8. The van der Waals surface area contributed by atoms with Gasteiger partial charge in [0.15, 0.2) is 0 Å². The lowest BCUT2D eigenvalue weighted by molar-refractivity contribution is -0.114. The number of fused-ring (bicyclic) bond motifs is 1. The summed E-state index contributed by atoms with van der Waals surface area (Å²) < 4.78 is 29.8. The topological polar surface area (TPSA) is 135 Å². The number of amides is 1. The van der Waals surface area contributed by atoms with E-state index in [-0.39, 0.29) is 22.3 Å². The number of carbonyl (C=O) groups is 1. The van der Waals surface area contributed by atoms with E-state index in [1.807, 2.05) is 0 Å². The zero-order chi connectivity index (χ0) is 24.1. The predicted octanol–water partition coefficient (Wildman–Crippen LogP) is 2.13. The van der Waals surface area contributed by atoms with Crippen LogP contribution >= 0.6 is 11.8 Å². The van der Waals surface area contributed by atoms with Gasteiger partial charge in [-0.15, -0.1) is 0 Å². The van der Waals surface area contributed by atoms with Gasteiger partial charge in [-0.25, -0.2) is 8.78 Å². The molecule has 1 saturated heterocycles. The minimum atomic E-state index is -1.01. The van der Waals surface area contributed by atoms with Crippen LogP contribution in [0.3, 0.4) is 0 Å². The average Bonchev–Trinajstić information content (AvgIpc) is 3.33. The molecule has 0 spiro atoms. The molecular formula is C23H26F2N6O2S. The molecule has 1 amide bonds. The number of benzene rings is 1. The van der Waals surface area contributed by atoms with E-state index < -0.39 is 29.0 Å². The Balaban J connectivity index is 1.73. The molecular weight excluding hydrogens is 462 g/mol. The number of pyridine rings is 1. The van der Waals surface area contributed by atoms with Crippen LogP contribution in [0.2, 0.25) is 0 Å². The van der Waals surface area contributed by atoms with E-state index >= 15 is 0 Å². The summed E-state index contributed by atoms with van der Waals surface area (Å²) in [5, 5.41) is 9.54. The highest BCUT2D eigenvalue weighted by Gasteiger charge is 2.42. The first-order valence-electron chi connectivity index (χ1n) is 11.2.